The number of hydrogen-bond donors (Lipinski definition) is 2. The van der Waals surface area contributed by atoms with Crippen LogP contribution in [0.1, 0.15) is 18.0 Å². The maximum absolute atomic E-state index is 12.3. The molecule has 1 aromatic carbocycles. The SMILES string of the molecule is Cl.Cl.NC(C(=O)NCC1CCN(CC(F)(F)F)C1)c1ccccc1. The second kappa shape index (κ2) is 10.1. The molecule has 138 valence electrons. The van der Waals surface area contributed by atoms with Gasteiger partial charge in [0.2, 0.25) is 5.91 Å². The molecule has 1 aliphatic heterocycles. The van der Waals surface area contributed by atoms with E-state index >= 15 is 0 Å². The van der Waals surface area contributed by atoms with Gasteiger partial charge in [-0.15, -0.1) is 24.8 Å². The Balaban J connectivity index is 0.00000264. The van der Waals surface area contributed by atoms with Crippen LogP contribution in [0.3, 0.4) is 0 Å². The molecule has 4 nitrogen and oxygen atoms in total. The second-order valence-electron chi connectivity index (χ2n) is 5.64. The Hall–Kier alpha value is -1.02. The van der Waals surface area contributed by atoms with Crippen LogP contribution in [-0.2, 0) is 4.79 Å². The van der Waals surface area contributed by atoms with Crippen molar-refractivity contribution in [3.63, 3.8) is 0 Å². The van der Waals surface area contributed by atoms with Crippen LogP contribution in [0.15, 0.2) is 30.3 Å². The Bertz CT molecular complexity index is 502. The summed E-state index contributed by atoms with van der Waals surface area (Å²) in [5.41, 5.74) is 6.58. The van der Waals surface area contributed by atoms with Gasteiger partial charge in [-0.2, -0.15) is 13.2 Å². The third-order valence-corrected chi connectivity index (χ3v) is 3.78. The van der Waals surface area contributed by atoms with Crippen molar-refractivity contribution in [2.24, 2.45) is 11.7 Å². The first-order valence-corrected chi connectivity index (χ1v) is 7.22. The number of carbonyl (C=O) groups excluding carboxylic acids is 1. The molecule has 2 atom stereocenters. The highest BCUT2D eigenvalue weighted by molar-refractivity contribution is 5.85. The number of carbonyl (C=O) groups is 1. The molecule has 1 heterocycles. The van der Waals surface area contributed by atoms with Gasteiger partial charge in [0.25, 0.3) is 0 Å². The highest BCUT2D eigenvalue weighted by atomic mass is 35.5. The third-order valence-electron chi connectivity index (χ3n) is 3.78. The molecule has 0 bridgehead atoms. The van der Waals surface area contributed by atoms with E-state index in [1.807, 2.05) is 6.07 Å². The molecule has 1 aromatic rings. The van der Waals surface area contributed by atoms with Crippen LogP contribution in [0.5, 0.6) is 0 Å². The average Bonchev–Trinajstić information content (AvgIpc) is 2.90. The lowest BCUT2D eigenvalue weighted by molar-refractivity contribution is -0.143. The number of nitrogens with two attached hydrogens (primary N) is 1. The Kier molecular flexibility index (Phi) is 9.65. The van der Waals surface area contributed by atoms with Crippen LogP contribution in [0.2, 0.25) is 0 Å². The largest absolute Gasteiger partial charge is 0.401 e. The highest BCUT2D eigenvalue weighted by Gasteiger charge is 2.34. The molecule has 3 N–H and O–H groups in total. The first-order chi connectivity index (χ1) is 10.3. The summed E-state index contributed by atoms with van der Waals surface area (Å²) in [6.07, 6.45) is -3.52. The number of rotatable bonds is 5. The second-order valence-corrected chi connectivity index (χ2v) is 5.64. The van der Waals surface area contributed by atoms with Crippen LogP contribution in [0, 0.1) is 5.92 Å². The molecule has 0 aliphatic carbocycles. The van der Waals surface area contributed by atoms with E-state index in [-0.39, 0.29) is 36.6 Å². The van der Waals surface area contributed by atoms with Gasteiger partial charge < -0.3 is 11.1 Å². The van der Waals surface area contributed by atoms with E-state index in [9.17, 15) is 18.0 Å². The van der Waals surface area contributed by atoms with Crippen molar-refractivity contribution in [3.8, 4) is 0 Å². The maximum Gasteiger partial charge on any atom is 0.401 e. The highest BCUT2D eigenvalue weighted by Crippen LogP contribution is 2.22. The average molecular weight is 388 g/mol. The molecule has 1 aliphatic rings. The fourth-order valence-corrected chi connectivity index (χ4v) is 2.64. The Morgan fingerprint density at radius 3 is 2.50 bits per heavy atom. The van der Waals surface area contributed by atoms with Gasteiger partial charge in [-0.3, -0.25) is 9.69 Å². The van der Waals surface area contributed by atoms with Gasteiger partial charge in [-0.1, -0.05) is 30.3 Å². The molecule has 2 unspecified atom stereocenters. The molecular weight excluding hydrogens is 366 g/mol. The zero-order valence-corrected chi connectivity index (χ0v) is 14.6. The monoisotopic (exact) mass is 387 g/mol. The Morgan fingerprint density at radius 1 is 1.29 bits per heavy atom. The molecule has 9 heteroatoms. The lowest BCUT2D eigenvalue weighted by Crippen LogP contribution is -2.38. The number of alkyl halides is 3. The smallest absolute Gasteiger partial charge is 0.354 e. The predicted octanol–water partition coefficient (Wildman–Crippen LogP) is 2.53. The first-order valence-electron chi connectivity index (χ1n) is 7.22. The van der Waals surface area contributed by atoms with E-state index in [1.165, 1.54) is 4.90 Å². The molecule has 0 saturated carbocycles. The number of hydrogen-bond acceptors (Lipinski definition) is 3. The van der Waals surface area contributed by atoms with E-state index in [0.29, 0.717) is 31.6 Å². The number of benzene rings is 1. The van der Waals surface area contributed by atoms with Gasteiger partial charge in [0.05, 0.1) is 6.54 Å². The molecule has 0 spiro atoms. The van der Waals surface area contributed by atoms with Crippen molar-refractivity contribution in [2.45, 2.75) is 18.6 Å². The van der Waals surface area contributed by atoms with Crippen molar-refractivity contribution < 1.29 is 18.0 Å². The third kappa shape index (κ3) is 7.25. The van der Waals surface area contributed by atoms with Crippen LogP contribution in [0.25, 0.3) is 0 Å². The number of halogens is 5. The van der Waals surface area contributed by atoms with E-state index in [1.54, 1.807) is 24.3 Å². The molecule has 1 fully saturated rings. The fraction of sp³-hybridized carbons (Fsp3) is 0.533. The summed E-state index contributed by atoms with van der Waals surface area (Å²) in [6.45, 7) is 0.222. The van der Waals surface area contributed by atoms with Gasteiger partial charge in [-0.25, -0.2) is 0 Å². The van der Waals surface area contributed by atoms with Crippen LogP contribution >= 0.6 is 24.8 Å². The summed E-state index contributed by atoms with van der Waals surface area (Å²) in [4.78, 5) is 13.3. The molecule has 2 rings (SSSR count). The fourth-order valence-electron chi connectivity index (χ4n) is 2.64. The Labute approximate surface area is 151 Å². The molecule has 1 saturated heterocycles. The molecule has 24 heavy (non-hydrogen) atoms. The summed E-state index contributed by atoms with van der Waals surface area (Å²) in [5, 5.41) is 2.73. The first kappa shape index (κ1) is 23.0. The molecule has 0 aromatic heterocycles. The van der Waals surface area contributed by atoms with Crippen molar-refractivity contribution in [1.82, 2.24) is 10.2 Å². The minimum atomic E-state index is -4.17. The zero-order valence-electron chi connectivity index (χ0n) is 13.0. The normalized spacial score (nSPS) is 19.1. The lowest BCUT2D eigenvalue weighted by Gasteiger charge is -2.18. The van der Waals surface area contributed by atoms with Crippen molar-refractivity contribution in [3.05, 3.63) is 35.9 Å². The minimum absolute atomic E-state index is 0. The summed E-state index contributed by atoms with van der Waals surface area (Å²) >= 11 is 0. The number of amides is 1. The lowest BCUT2D eigenvalue weighted by atomic mass is 10.1. The Morgan fingerprint density at radius 2 is 1.92 bits per heavy atom. The topological polar surface area (TPSA) is 58.4 Å². The van der Waals surface area contributed by atoms with Crippen molar-refractivity contribution in [1.29, 1.82) is 0 Å². The minimum Gasteiger partial charge on any atom is -0.354 e. The van der Waals surface area contributed by atoms with Gasteiger partial charge in [-0.05, 0) is 24.4 Å². The predicted molar refractivity (Wildman–Crippen MR) is 91.5 cm³/mol. The van der Waals surface area contributed by atoms with Crippen LogP contribution < -0.4 is 11.1 Å². The van der Waals surface area contributed by atoms with Crippen LogP contribution in [0.4, 0.5) is 13.2 Å². The van der Waals surface area contributed by atoms with Gasteiger partial charge in [0.1, 0.15) is 6.04 Å². The molecule has 1 amide bonds. The van der Waals surface area contributed by atoms with E-state index in [2.05, 4.69) is 5.32 Å². The van der Waals surface area contributed by atoms with E-state index in [4.69, 9.17) is 5.73 Å². The van der Waals surface area contributed by atoms with E-state index < -0.39 is 18.8 Å². The van der Waals surface area contributed by atoms with Gasteiger partial charge in [0.15, 0.2) is 0 Å². The summed E-state index contributed by atoms with van der Waals surface area (Å²) in [6, 6.07) is 8.22. The van der Waals surface area contributed by atoms with Crippen molar-refractivity contribution in [2.75, 3.05) is 26.2 Å². The molecular formula is C15H22Cl2F3N3O. The molecule has 0 radical (unpaired) electrons. The number of likely N-dealkylation sites (tertiary alicyclic amines) is 1. The van der Waals surface area contributed by atoms with Gasteiger partial charge in [0, 0.05) is 13.1 Å². The number of nitrogens with zero attached hydrogens (tertiary/aromatic N) is 1. The van der Waals surface area contributed by atoms with E-state index in [0.717, 1.165) is 0 Å². The summed E-state index contributed by atoms with van der Waals surface area (Å²) in [7, 11) is 0. The summed E-state index contributed by atoms with van der Waals surface area (Å²) in [5.74, 6) is -0.269. The quantitative estimate of drug-likeness (QED) is 0.815. The van der Waals surface area contributed by atoms with Crippen LogP contribution in [-0.4, -0.2) is 43.2 Å². The zero-order chi connectivity index (χ0) is 16.2. The summed E-state index contributed by atoms with van der Waals surface area (Å²) < 4.78 is 36.9. The number of nitrogens with one attached hydrogen (secondary N) is 1. The standard InChI is InChI=1S/C15H20F3N3O.2ClH/c16-15(17,18)10-21-7-6-11(9-21)8-20-14(22)13(19)12-4-2-1-3-5-12;;/h1-5,11,13H,6-10,19H2,(H,20,22);2*1H. The maximum atomic E-state index is 12.3. The van der Waals surface area contributed by atoms with Crippen molar-refractivity contribution >= 4 is 30.7 Å². The van der Waals surface area contributed by atoms with Gasteiger partial charge >= 0.3 is 6.18 Å².